The maximum atomic E-state index is 13.5. The minimum atomic E-state index is -0.0768. The van der Waals surface area contributed by atoms with Gasteiger partial charge in [0.05, 0.1) is 11.3 Å². The number of likely N-dealkylation sites (tertiary alicyclic amines) is 1. The summed E-state index contributed by atoms with van der Waals surface area (Å²) in [5.74, 6) is 0.150. The molecule has 1 aliphatic carbocycles. The van der Waals surface area contributed by atoms with Gasteiger partial charge >= 0.3 is 0 Å². The van der Waals surface area contributed by atoms with Crippen molar-refractivity contribution in [2.75, 3.05) is 32.0 Å². The zero-order chi connectivity index (χ0) is 22.7. The average Bonchev–Trinajstić information content (AvgIpc) is 3.67. The van der Waals surface area contributed by atoms with E-state index in [4.69, 9.17) is 0 Å². The fraction of sp³-hybridized carbons (Fsp3) is 0.500. The summed E-state index contributed by atoms with van der Waals surface area (Å²) in [5.41, 5.74) is 1.12. The van der Waals surface area contributed by atoms with Crippen LogP contribution in [0.2, 0.25) is 0 Å². The summed E-state index contributed by atoms with van der Waals surface area (Å²) in [6.07, 6.45) is 5.26. The summed E-state index contributed by atoms with van der Waals surface area (Å²) in [7, 11) is 1.87. The zero-order valence-electron chi connectivity index (χ0n) is 19.1. The summed E-state index contributed by atoms with van der Waals surface area (Å²) in [5, 5.41) is 4.97. The number of nitrogens with one attached hydrogen (secondary N) is 1. The largest absolute Gasteiger partial charge is 0.346 e. The molecule has 32 heavy (non-hydrogen) atoms. The highest BCUT2D eigenvalue weighted by molar-refractivity contribution is 6.08. The van der Waals surface area contributed by atoms with Crippen molar-refractivity contribution < 1.29 is 14.4 Å². The molecule has 6 nitrogen and oxygen atoms in total. The van der Waals surface area contributed by atoms with Gasteiger partial charge in [0.25, 0.3) is 5.91 Å². The van der Waals surface area contributed by atoms with Crippen LogP contribution in [0.25, 0.3) is 10.8 Å². The molecule has 1 saturated carbocycles. The van der Waals surface area contributed by atoms with Gasteiger partial charge in [-0.3, -0.25) is 14.4 Å². The number of carbonyl (C=O) groups is 3. The second kappa shape index (κ2) is 9.72. The van der Waals surface area contributed by atoms with Crippen molar-refractivity contribution >= 4 is 34.2 Å². The maximum Gasteiger partial charge on any atom is 0.255 e. The number of anilines is 1. The van der Waals surface area contributed by atoms with Gasteiger partial charge in [-0.2, -0.15) is 0 Å². The molecule has 0 radical (unpaired) electrons. The highest BCUT2D eigenvalue weighted by atomic mass is 16.2. The van der Waals surface area contributed by atoms with E-state index in [0.29, 0.717) is 37.2 Å². The number of benzene rings is 2. The molecule has 4 rings (SSSR count). The third-order valence-corrected chi connectivity index (χ3v) is 6.68. The Labute approximate surface area is 189 Å². The summed E-state index contributed by atoms with van der Waals surface area (Å²) in [6, 6.07) is 11.7. The second-order valence-electron chi connectivity index (χ2n) is 9.19. The lowest BCUT2D eigenvalue weighted by Gasteiger charge is -2.33. The first-order valence-electron chi connectivity index (χ1n) is 11.9. The quantitative estimate of drug-likeness (QED) is 0.705. The zero-order valence-corrected chi connectivity index (χ0v) is 19.1. The number of amides is 3. The van der Waals surface area contributed by atoms with Crippen molar-refractivity contribution in [3.05, 3.63) is 42.0 Å². The molecule has 0 atom stereocenters. The maximum absolute atomic E-state index is 13.5. The fourth-order valence-electron chi connectivity index (χ4n) is 4.42. The van der Waals surface area contributed by atoms with E-state index in [1.807, 2.05) is 53.2 Å². The average molecular weight is 436 g/mol. The van der Waals surface area contributed by atoms with Gasteiger partial charge in [0.15, 0.2) is 0 Å². The first-order chi connectivity index (χ1) is 15.5. The molecule has 2 aromatic rings. The van der Waals surface area contributed by atoms with Crippen molar-refractivity contribution in [2.45, 2.75) is 45.4 Å². The van der Waals surface area contributed by atoms with Crippen LogP contribution in [0.15, 0.2) is 36.4 Å². The summed E-state index contributed by atoms with van der Waals surface area (Å²) < 4.78 is 0. The molecule has 0 aromatic heterocycles. The van der Waals surface area contributed by atoms with Crippen LogP contribution in [0, 0.1) is 11.8 Å². The predicted molar refractivity (Wildman–Crippen MR) is 126 cm³/mol. The van der Waals surface area contributed by atoms with Crippen molar-refractivity contribution in [3.8, 4) is 0 Å². The Hall–Kier alpha value is -2.89. The van der Waals surface area contributed by atoms with Crippen LogP contribution >= 0.6 is 0 Å². The molecule has 1 saturated heterocycles. The molecular formula is C26H33N3O3. The molecule has 0 bridgehead atoms. The molecule has 3 amide bonds. The number of hydrogen-bond donors (Lipinski definition) is 1. The molecule has 6 heteroatoms. The van der Waals surface area contributed by atoms with E-state index in [0.717, 1.165) is 43.0 Å². The third-order valence-electron chi connectivity index (χ3n) is 6.68. The Bertz CT molecular complexity index is 1010. The Kier molecular flexibility index (Phi) is 6.77. The van der Waals surface area contributed by atoms with Crippen molar-refractivity contribution in [2.24, 2.45) is 11.8 Å². The number of carbonyl (C=O) groups excluding carboxylic acids is 3. The summed E-state index contributed by atoms with van der Waals surface area (Å²) >= 11 is 0. The van der Waals surface area contributed by atoms with E-state index in [-0.39, 0.29) is 29.6 Å². The Morgan fingerprint density at radius 1 is 1.00 bits per heavy atom. The van der Waals surface area contributed by atoms with E-state index >= 15 is 0 Å². The predicted octanol–water partition coefficient (Wildman–Crippen LogP) is 4.30. The highest BCUT2D eigenvalue weighted by Crippen LogP contribution is 2.32. The second-order valence-corrected chi connectivity index (χ2v) is 9.19. The summed E-state index contributed by atoms with van der Waals surface area (Å²) in [4.78, 5) is 42.3. The Morgan fingerprint density at radius 3 is 2.28 bits per heavy atom. The lowest BCUT2D eigenvalue weighted by Crippen LogP contribution is -2.43. The molecule has 0 spiro atoms. The Morgan fingerprint density at radius 2 is 1.66 bits per heavy atom. The van der Waals surface area contributed by atoms with Gasteiger partial charge in [-0.1, -0.05) is 37.6 Å². The van der Waals surface area contributed by atoms with Gasteiger partial charge in [-0.15, -0.1) is 0 Å². The molecule has 2 fully saturated rings. The van der Waals surface area contributed by atoms with Crippen molar-refractivity contribution in [1.82, 2.24) is 9.80 Å². The van der Waals surface area contributed by atoms with Gasteiger partial charge < -0.3 is 15.1 Å². The first kappa shape index (κ1) is 22.3. The van der Waals surface area contributed by atoms with Crippen LogP contribution in [-0.2, 0) is 9.59 Å². The molecule has 1 heterocycles. The van der Waals surface area contributed by atoms with Crippen LogP contribution in [-0.4, -0.2) is 54.2 Å². The van der Waals surface area contributed by atoms with E-state index < -0.39 is 0 Å². The SMILES string of the molecule is CCCCN(C)C(=O)C1CCN(C(=O)c2cc3ccccc3cc2NC(=O)C2CC2)CC1. The molecular weight excluding hydrogens is 402 g/mol. The standard InChI is InChI=1S/C26H33N3O3/c1-3-4-13-28(2)25(31)19-11-14-29(15-12-19)26(32)22-16-20-7-5-6-8-21(20)17-23(22)27-24(30)18-9-10-18/h5-8,16-19H,3-4,9-15H2,1-2H3,(H,27,30). The number of piperidine rings is 1. The number of unbranched alkanes of at least 4 members (excludes halogenated alkanes) is 1. The minimum absolute atomic E-state index is 0.00578. The van der Waals surface area contributed by atoms with Crippen LogP contribution in [0.1, 0.15) is 55.8 Å². The molecule has 1 aliphatic heterocycles. The van der Waals surface area contributed by atoms with Gasteiger partial charge in [0.1, 0.15) is 0 Å². The van der Waals surface area contributed by atoms with Gasteiger partial charge in [-0.25, -0.2) is 0 Å². The van der Waals surface area contributed by atoms with E-state index in [2.05, 4.69) is 12.2 Å². The third kappa shape index (κ3) is 4.95. The molecule has 170 valence electrons. The highest BCUT2D eigenvalue weighted by Gasteiger charge is 2.32. The van der Waals surface area contributed by atoms with Gasteiger partial charge in [-0.05, 0) is 55.0 Å². The molecule has 2 aliphatic rings. The normalized spacial score (nSPS) is 16.8. The Balaban J connectivity index is 1.48. The minimum Gasteiger partial charge on any atom is -0.346 e. The first-order valence-corrected chi connectivity index (χ1v) is 11.9. The smallest absolute Gasteiger partial charge is 0.255 e. The fourth-order valence-corrected chi connectivity index (χ4v) is 4.42. The van der Waals surface area contributed by atoms with Crippen molar-refractivity contribution in [1.29, 1.82) is 0 Å². The summed E-state index contributed by atoms with van der Waals surface area (Å²) in [6.45, 7) is 4.02. The molecule has 0 unspecified atom stereocenters. The van der Waals surface area contributed by atoms with Crippen molar-refractivity contribution in [3.63, 3.8) is 0 Å². The topological polar surface area (TPSA) is 69.7 Å². The number of fused-ring (bicyclic) bond motifs is 1. The molecule has 2 aromatic carbocycles. The van der Waals surface area contributed by atoms with E-state index in [9.17, 15) is 14.4 Å². The monoisotopic (exact) mass is 435 g/mol. The van der Waals surface area contributed by atoms with E-state index in [1.165, 1.54) is 0 Å². The van der Waals surface area contributed by atoms with Crippen LogP contribution in [0.5, 0.6) is 0 Å². The lowest BCUT2D eigenvalue weighted by atomic mass is 9.94. The number of nitrogens with zero attached hydrogens (tertiary/aromatic N) is 2. The van der Waals surface area contributed by atoms with Crippen LogP contribution in [0.3, 0.4) is 0 Å². The van der Waals surface area contributed by atoms with Gasteiger partial charge in [0.2, 0.25) is 11.8 Å². The van der Waals surface area contributed by atoms with Crippen LogP contribution < -0.4 is 5.32 Å². The van der Waals surface area contributed by atoms with Gasteiger partial charge in [0, 0.05) is 38.5 Å². The number of hydrogen-bond acceptors (Lipinski definition) is 3. The van der Waals surface area contributed by atoms with Crippen LogP contribution in [0.4, 0.5) is 5.69 Å². The number of rotatable bonds is 7. The van der Waals surface area contributed by atoms with E-state index in [1.54, 1.807) is 0 Å². The molecule has 1 N–H and O–H groups in total. The lowest BCUT2D eigenvalue weighted by molar-refractivity contribution is -0.135.